The van der Waals surface area contributed by atoms with E-state index in [1.54, 1.807) is 23.9 Å². The number of rotatable bonds is 4. The van der Waals surface area contributed by atoms with Gasteiger partial charge < -0.3 is 4.57 Å². The molecule has 0 aromatic carbocycles. The van der Waals surface area contributed by atoms with E-state index >= 15 is 0 Å². The quantitative estimate of drug-likeness (QED) is 0.877. The molecule has 3 rings (SSSR count). The van der Waals surface area contributed by atoms with E-state index in [2.05, 4.69) is 28.2 Å². The van der Waals surface area contributed by atoms with E-state index < -0.39 is 0 Å². The van der Waals surface area contributed by atoms with E-state index in [4.69, 9.17) is 0 Å². The number of hydrogen-bond acceptors (Lipinski definition) is 4. The van der Waals surface area contributed by atoms with Crippen molar-refractivity contribution in [1.29, 1.82) is 0 Å². The summed E-state index contributed by atoms with van der Waals surface area (Å²) in [6, 6.07) is 4.20. The molecule has 0 radical (unpaired) electrons. The summed E-state index contributed by atoms with van der Waals surface area (Å²) in [6.45, 7) is 3.90. The van der Waals surface area contributed by atoms with Gasteiger partial charge in [0.2, 0.25) is 5.91 Å². The first kappa shape index (κ1) is 12.8. The SMILES string of the molecule is C=CC(c1ccc(C2=NNC(=O)CC2)s1)n1ccnc1. The van der Waals surface area contributed by atoms with Crippen LogP contribution in [0.4, 0.5) is 0 Å². The molecular formula is C14H14N4OS. The van der Waals surface area contributed by atoms with Gasteiger partial charge in [-0.3, -0.25) is 4.79 Å². The zero-order chi connectivity index (χ0) is 13.9. The minimum absolute atomic E-state index is 0.0205. The standard InChI is InChI=1S/C14H14N4OS/c1-2-11(18-8-7-15-9-18)13-5-4-12(20-13)10-3-6-14(19)17-16-10/h2,4-5,7-9,11H,1,3,6H2,(H,17,19). The Morgan fingerprint density at radius 3 is 3.00 bits per heavy atom. The number of aromatic nitrogens is 2. The number of amides is 1. The molecule has 0 bridgehead atoms. The van der Waals surface area contributed by atoms with Crippen molar-refractivity contribution >= 4 is 23.0 Å². The number of nitrogens with zero attached hydrogens (tertiary/aromatic N) is 3. The van der Waals surface area contributed by atoms with Crippen LogP contribution in [0.1, 0.15) is 28.6 Å². The molecule has 0 saturated carbocycles. The van der Waals surface area contributed by atoms with Gasteiger partial charge in [0.15, 0.2) is 0 Å². The van der Waals surface area contributed by atoms with Gasteiger partial charge >= 0.3 is 0 Å². The first-order chi connectivity index (χ1) is 9.78. The van der Waals surface area contributed by atoms with E-state index in [1.165, 1.54) is 4.88 Å². The first-order valence-corrected chi connectivity index (χ1v) is 7.15. The van der Waals surface area contributed by atoms with Crippen molar-refractivity contribution in [3.8, 4) is 0 Å². The van der Waals surface area contributed by atoms with Crippen LogP contribution in [-0.4, -0.2) is 21.2 Å². The van der Waals surface area contributed by atoms with E-state index in [1.807, 2.05) is 22.9 Å². The first-order valence-electron chi connectivity index (χ1n) is 6.33. The highest BCUT2D eigenvalue weighted by Crippen LogP contribution is 2.28. The van der Waals surface area contributed by atoms with Gasteiger partial charge in [-0.15, -0.1) is 17.9 Å². The maximum Gasteiger partial charge on any atom is 0.240 e. The Morgan fingerprint density at radius 2 is 2.35 bits per heavy atom. The molecule has 6 heteroatoms. The Kier molecular flexibility index (Phi) is 3.47. The number of nitrogens with one attached hydrogen (secondary N) is 1. The van der Waals surface area contributed by atoms with Crippen LogP contribution in [0.25, 0.3) is 0 Å². The lowest BCUT2D eigenvalue weighted by atomic mass is 10.1. The van der Waals surface area contributed by atoms with Crippen LogP contribution in [-0.2, 0) is 4.79 Å². The maximum atomic E-state index is 11.1. The minimum Gasteiger partial charge on any atom is -0.326 e. The predicted molar refractivity (Wildman–Crippen MR) is 78.8 cm³/mol. The van der Waals surface area contributed by atoms with Crippen LogP contribution in [0.15, 0.2) is 48.6 Å². The highest BCUT2D eigenvalue weighted by molar-refractivity contribution is 7.14. The molecule has 1 unspecified atom stereocenters. The summed E-state index contributed by atoms with van der Waals surface area (Å²) >= 11 is 1.67. The largest absolute Gasteiger partial charge is 0.326 e. The summed E-state index contributed by atoms with van der Waals surface area (Å²) in [7, 11) is 0. The summed E-state index contributed by atoms with van der Waals surface area (Å²) < 4.78 is 2.01. The van der Waals surface area contributed by atoms with Crippen molar-refractivity contribution in [3.63, 3.8) is 0 Å². The van der Waals surface area contributed by atoms with E-state index in [9.17, 15) is 4.79 Å². The molecule has 0 aliphatic carbocycles. The second kappa shape index (κ2) is 5.42. The molecular weight excluding hydrogens is 272 g/mol. The Labute approximate surface area is 120 Å². The van der Waals surface area contributed by atoms with Crippen molar-refractivity contribution < 1.29 is 4.79 Å². The molecule has 20 heavy (non-hydrogen) atoms. The summed E-state index contributed by atoms with van der Waals surface area (Å²) in [5.74, 6) is -0.0205. The minimum atomic E-state index is -0.0205. The zero-order valence-corrected chi connectivity index (χ0v) is 11.6. The summed E-state index contributed by atoms with van der Waals surface area (Å²) in [4.78, 5) is 17.5. The number of carbonyl (C=O) groups excluding carboxylic acids is 1. The van der Waals surface area contributed by atoms with Gasteiger partial charge in [-0.2, -0.15) is 5.10 Å². The Morgan fingerprint density at radius 1 is 1.45 bits per heavy atom. The average molecular weight is 286 g/mol. The maximum absolute atomic E-state index is 11.1. The average Bonchev–Trinajstić information content (AvgIpc) is 3.12. The van der Waals surface area contributed by atoms with Crippen molar-refractivity contribution in [3.05, 3.63) is 53.3 Å². The summed E-state index contributed by atoms with van der Waals surface area (Å²) in [5, 5.41) is 4.12. The highest BCUT2D eigenvalue weighted by atomic mass is 32.1. The van der Waals surface area contributed by atoms with Crippen molar-refractivity contribution in [2.24, 2.45) is 5.10 Å². The third-order valence-corrected chi connectivity index (χ3v) is 4.38. The smallest absolute Gasteiger partial charge is 0.240 e. The molecule has 1 aliphatic heterocycles. The second-order valence-electron chi connectivity index (χ2n) is 4.49. The van der Waals surface area contributed by atoms with Crippen molar-refractivity contribution in [2.75, 3.05) is 0 Å². The van der Waals surface area contributed by atoms with Gasteiger partial charge in [0.1, 0.15) is 0 Å². The fourth-order valence-electron chi connectivity index (χ4n) is 2.14. The summed E-state index contributed by atoms with van der Waals surface area (Å²) in [5.41, 5.74) is 3.47. The predicted octanol–water partition coefficient (Wildman–Crippen LogP) is 2.33. The van der Waals surface area contributed by atoms with Gasteiger partial charge in [0, 0.05) is 30.1 Å². The molecule has 2 aromatic heterocycles. The molecule has 102 valence electrons. The number of hydrogen-bond donors (Lipinski definition) is 1. The molecule has 1 atom stereocenters. The fourth-order valence-corrected chi connectivity index (χ4v) is 3.27. The molecule has 0 saturated heterocycles. The van der Waals surface area contributed by atoms with Gasteiger partial charge in [0.05, 0.1) is 23.0 Å². The number of thiophene rings is 1. The van der Waals surface area contributed by atoms with Crippen LogP contribution in [0.5, 0.6) is 0 Å². The molecule has 1 N–H and O–H groups in total. The lowest BCUT2D eigenvalue weighted by Crippen LogP contribution is -2.25. The monoisotopic (exact) mass is 286 g/mol. The molecule has 3 heterocycles. The van der Waals surface area contributed by atoms with E-state index in [0.717, 1.165) is 10.6 Å². The van der Waals surface area contributed by atoms with Gasteiger partial charge in [-0.25, -0.2) is 10.4 Å². The molecule has 0 spiro atoms. The second-order valence-corrected chi connectivity index (χ2v) is 5.60. The molecule has 2 aromatic rings. The Bertz CT molecular complexity index is 657. The molecule has 1 aliphatic rings. The fraction of sp³-hybridized carbons (Fsp3) is 0.214. The number of imidazole rings is 1. The van der Waals surface area contributed by atoms with Gasteiger partial charge in [-0.1, -0.05) is 6.08 Å². The number of hydrazone groups is 1. The van der Waals surface area contributed by atoms with E-state index in [-0.39, 0.29) is 11.9 Å². The normalized spacial score (nSPS) is 16.4. The highest BCUT2D eigenvalue weighted by Gasteiger charge is 2.17. The lowest BCUT2D eigenvalue weighted by Gasteiger charge is -2.12. The van der Waals surface area contributed by atoms with E-state index in [0.29, 0.717) is 12.8 Å². The van der Waals surface area contributed by atoms with Gasteiger partial charge in [-0.05, 0) is 12.1 Å². The van der Waals surface area contributed by atoms with Gasteiger partial charge in [0.25, 0.3) is 0 Å². The number of carbonyl (C=O) groups is 1. The van der Waals surface area contributed by atoms with Crippen LogP contribution in [0.3, 0.4) is 0 Å². The molecule has 5 nitrogen and oxygen atoms in total. The van der Waals surface area contributed by atoms with Crippen LogP contribution in [0.2, 0.25) is 0 Å². The molecule has 1 amide bonds. The van der Waals surface area contributed by atoms with Crippen LogP contribution in [0, 0.1) is 0 Å². The zero-order valence-electron chi connectivity index (χ0n) is 10.8. The van der Waals surface area contributed by atoms with Crippen molar-refractivity contribution in [1.82, 2.24) is 15.0 Å². The Balaban J connectivity index is 1.86. The number of allylic oxidation sites excluding steroid dienone is 1. The molecule has 0 fully saturated rings. The third-order valence-electron chi connectivity index (χ3n) is 3.18. The third kappa shape index (κ3) is 2.42. The van der Waals surface area contributed by atoms with Crippen molar-refractivity contribution in [2.45, 2.75) is 18.9 Å². The van der Waals surface area contributed by atoms with Crippen LogP contribution >= 0.6 is 11.3 Å². The summed E-state index contributed by atoms with van der Waals surface area (Å²) in [6.07, 6.45) is 8.54. The topological polar surface area (TPSA) is 59.3 Å². The Hall–Kier alpha value is -2.21. The van der Waals surface area contributed by atoms with Crippen LogP contribution < -0.4 is 5.43 Å². The lowest BCUT2D eigenvalue weighted by molar-refractivity contribution is -0.121.